The van der Waals surface area contributed by atoms with Gasteiger partial charge in [-0.15, -0.1) is 0 Å². The Bertz CT molecular complexity index is 427. The topological polar surface area (TPSA) is 46.2 Å². The van der Waals surface area contributed by atoms with Gasteiger partial charge in [-0.3, -0.25) is 0 Å². The highest BCUT2D eigenvalue weighted by Crippen LogP contribution is 2.25. The number of hydrogen-bond acceptors (Lipinski definition) is 2. The molecule has 0 aromatic heterocycles. The molecule has 0 aliphatic carbocycles. The first-order valence-corrected chi connectivity index (χ1v) is 6.77. The van der Waals surface area contributed by atoms with E-state index in [1.807, 2.05) is 24.3 Å². The van der Waals surface area contributed by atoms with Crippen molar-refractivity contribution in [2.75, 3.05) is 5.75 Å². The average molecular weight is 276 g/mol. The van der Waals surface area contributed by atoms with Crippen molar-refractivity contribution in [1.82, 2.24) is 4.72 Å². The van der Waals surface area contributed by atoms with E-state index >= 15 is 0 Å². The third-order valence-electron chi connectivity index (χ3n) is 2.27. The Labute approximate surface area is 91.7 Å². The second-order valence-electron chi connectivity index (χ2n) is 3.33. The third kappa shape index (κ3) is 2.16. The summed E-state index contributed by atoms with van der Waals surface area (Å²) in [6, 6.07) is 7.66. The van der Waals surface area contributed by atoms with Crippen LogP contribution in [0.2, 0.25) is 0 Å². The second-order valence-corrected chi connectivity index (χ2v) is 6.12. The van der Waals surface area contributed by atoms with Crippen molar-refractivity contribution >= 4 is 26.0 Å². The summed E-state index contributed by atoms with van der Waals surface area (Å²) >= 11 is 3.34. The van der Waals surface area contributed by atoms with Crippen molar-refractivity contribution in [3.05, 3.63) is 34.3 Å². The molecule has 0 spiro atoms. The molecule has 1 N–H and O–H groups in total. The van der Waals surface area contributed by atoms with Gasteiger partial charge in [0, 0.05) is 10.5 Å². The minimum atomic E-state index is -3.02. The fraction of sp³-hybridized carbons (Fsp3) is 0.333. The van der Waals surface area contributed by atoms with Crippen molar-refractivity contribution in [1.29, 1.82) is 0 Å². The molecular weight excluding hydrogens is 266 g/mol. The molecule has 2 rings (SSSR count). The molecule has 0 saturated carbocycles. The van der Waals surface area contributed by atoms with Crippen molar-refractivity contribution in [2.45, 2.75) is 12.5 Å². The van der Waals surface area contributed by atoms with Crippen LogP contribution < -0.4 is 4.72 Å². The lowest BCUT2D eigenvalue weighted by Gasteiger charge is -2.08. The van der Waals surface area contributed by atoms with E-state index in [-0.39, 0.29) is 11.8 Å². The SMILES string of the molecule is O=S1(=O)CCC(c2ccc(Br)cc2)N1. The van der Waals surface area contributed by atoms with Crippen molar-refractivity contribution in [3.63, 3.8) is 0 Å². The van der Waals surface area contributed by atoms with Gasteiger partial charge in [-0.2, -0.15) is 0 Å². The van der Waals surface area contributed by atoms with Crippen LogP contribution in [0, 0.1) is 0 Å². The van der Waals surface area contributed by atoms with Crippen molar-refractivity contribution in [3.8, 4) is 0 Å². The summed E-state index contributed by atoms with van der Waals surface area (Å²) < 4.78 is 25.9. The maximum Gasteiger partial charge on any atom is 0.212 e. The first-order chi connectivity index (χ1) is 6.57. The number of benzene rings is 1. The maximum atomic E-state index is 11.2. The van der Waals surface area contributed by atoms with Gasteiger partial charge >= 0.3 is 0 Å². The molecule has 0 bridgehead atoms. The van der Waals surface area contributed by atoms with E-state index in [2.05, 4.69) is 20.7 Å². The van der Waals surface area contributed by atoms with E-state index in [0.29, 0.717) is 6.42 Å². The van der Waals surface area contributed by atoms with Crippen LogP contribution in [0.25, 0.3) is 0 Å². The van der Waals surface area contributed by atoms with Crippen LogP contribution in [0.15, 0.2) is 28.7 Å². The normalized spacial score (nSPS) is 25.1. The Hall–Kier alpha value is -0.390. The van der Waals surface area contributed by atoms with Crippen LogP contribution in [0.4, 0.5) is 0 Å². The van der Waals surface area contributed by atoms with Gasteiger partial charge in [0.25, 0.3) is 0 Å². The Kier molecular flexibility index (Phi) is 2.64. The maximum absolute atomic E-state index is 11.2. The molecular formula is C9H10BrNO2S. The molecule has 1 unspecified atom stereocenters. The van der Waals surface area contributed by atoms with Crippen LogP contribution in [0.5, 0.6) is 0 Å². The zero-order valence-corrected chi connectivity index (χ0v) is 9.81. The molecule has 0 amide bonds. The lowest BCUT2D eigenvalue weighted by Crippen LogP contribution is -2.19. The molecule has 5 heteroatoms. The molecule has 1 aromatic rings. The predicted octanol–water partition coefficient (Wildman–Crippen LogP) is 1.81. The fourth-order valence-electron chi connectivity index (χ4n) is 1.54. The molecule has 14 heavy (non-hydrogen) atoms. The van der Waals surface area contributed by atoms with E-state index in [1.165, 1.54) is 0 Å². The largest absolute Gasteiger partial charge is 0.212 e. The van der Waals surface area contributed by atoms with Gasteiger partial charge < -0.3 is 0 Å². The Balaban J connectivity index is 2.22. The van der Waals surface area contributed by atoms with Crippen LogP contribution in [-0.2, 0) is 10.0 Å². The smallest absolute Gasteiger partial charge is 0.212 e. The third-order valence-corrected chi connectivity index (χ3v) is 4.21. The van der Waals surface area contributed by atoms with E-state index in [4.69, 9.17) is 0 Å². The van der Waals surface area contributed by atoms with E-state index in [0.717, 1.165) is 10.0 Å². The second kappa shape index (κ2) is 3.64. The monoisotopic (exact) mass is 275 g/mol. The highest BCUT2D eigenvalue weighted by Gasteiger charge is 2.27. The molecule has 1 atom stereocenters. The summed E-state index contributed by atoms with van der Waals surface area (Å²) in [7, 11) is -3.02. The summed E-state index contributed by atoms with van der Waals surface area (Å²) in [6.45, 7) is 0. The first kappa shape index (κ1) is 10.1. The van der Waals surface area contributed by atoms with Gasteiger partial charge in [0.15, 0.2) is 0 Å². The standard InChI is InChI=1S/C9H10BrNO2S/c10-8-3-1-7(2-4-8)9-5-6-14(12,13)11-9/h1-4,9,11H,5-6H2. The van der Waals surface area contributed by atoms with Crippen molar-refractivity contribution < 1.29 is 8.42 Å². The number of halogens is 1. The van der Waals surface area contributed by atoms with Gasteiger partial charge in [0.05, 0.1) is 5.75 Å². The molecule has 1 aliphatic rings. The van der Waals surface area contributed by atoms with E-state index in [9.17, 15) is 8.42 Å². The molecule has 1 aromatic carbocycles. The summed E-state index contributed by atoms with van der Waals surface area (Å²) in [5, 5.41) is 0. The number of nitrogens with one attached hydrogen (secondary N) is 1. The summed E-state index contributed by atoms with van der Waals surface area (Å²) in [4.78, 5) is 0. The molecule has 1 saturated heterocycles. The molecule has 1 aliphatic heterocycles. The van der Waals surface area contributed by atoms with Gasteiger partial charge in [-0.1, -0.05) is 28.1 Å². The van der Waals surface area contributed by atoms with Gasteiger partial charge in [-0.25, -0.2) is 13.1 Å². The Morgan fingerprint density at radius 3 is 2.43 bits per heavy atom. The predicted molar refractivity (Wildman–Crippen MR) is 58.4 cm³/mol. The van der Waals surface area contributed by atoms with E-state index in [1.54, 1.807) is 0 Å². The fourth-order valence-corrected chi connectivity index (χ4v) is 3.15. The number of sulfonamides is 1. The van der Waals surface area contributed by atoms with Crippen molar-refractivity contribution in [2.24, 2.45) is 0 Å². The summed E-state index contributed by atoms with van der Waals surface area (Å²) in [5.41, 5.74) is 1.02. The molecule has 3 nitrogen and oxygen atoms in total. The number of rotatable bonds is 1. The van der Waals surface area contributed by atoms with Crippen LogP contribution in [-0.4, -0.2) is 14.2 Å². The highest BCUT2D eigenvalue weighted by molar-refractivity contribution is 9.10. The van der Waals surface area contributed by atoms with Crippen LogP contribution in [0.3, 0.4) is 0 Å². The van der Waals surface area contributed by atoms with Gasteiger partial charge in [-0.05, 0) is 24.1 Å². The minimum absolute atomic E-state index is 0.0481. The summed E-state index contributed by atoms with van der Waals surface area (Å²) in [5.74, 6) is 0.230. The lowest BCUT2D eigenvalue weighted by molar-refractivity contribution is 0.586. The molecule has 1 fully saturated rings. The minimum Gasteiger partial charge on any atom is -0.212 e. The number of hydrogen-bond donors (Lipinski definition) is 1. The van der Waals surface area contributed by atoms with E-state index < -0.39 is 10.0 Å². The molecule has 1 heterocycles. The zero-order chi connectivity index (χ0) is 10.2. The van der Waals surface area contributed by atoms with Gasteiger partial charge in [0.2, 0.25) is 10.0 Å². The Morgan fingerprint density at radius 2 is 1.93 bits per heavy atom. The van der Waals surface area contributed by atoms with Crippen LogP contribution in [0.1, 0.15) is 18.0 Å². The molecule has 0 radical (unpaired) electrons. The molecule has 76 valence electrons. The van der Waals surface area contributed by atoms with Gasteiger partial charge in [0.1, 0.15) is 0 Å². The Morgan fingerprint density at radius 1 is 1.29 bits per heavy atom. The zero-order valence-electron chi connectivity index (χ0n) is 7.40. The quantitative estimate of drug-likeness (QED) is 0.850. The lowest BCUT2D eigenvalue weighted by atomic mass is 10.1. The summed E-state index contributed by atoms with van der Waals surface area (Å²) in [6.07, 6.45) is 0.657. The highest BCUT2D eigenvalue weighted by atomic mass is 79.9. The first-order valence-electron chi connectivity index (χ1n) is 4.32. The van der Waals surface area contributed by atoms with Crippen LogP contribution >= 0.6 is 15.9 Å². The average Bonchev–Trinajstić information content (AvgIpc) is 2.47.